The third-order valence-electron chi connectivity index (χ3n) is 4.63. The number of anilines is 1. The van der Waals surface area contributed by atoms with E-state index in [-0.39, 0.29) is 0 Å². The van der Waals surface area contributed by atoms with Crippen molar-refractivity contribution in [1.82, 2.24) is 9.88 Å². The van der Waals surface area contributed by atoms with Gasteiger partial charge in [0.25, 0.3) is 0 Å². The first-order valence-corrected chi connectivity index (χ1v) is 7.57. The zero-order valence-corrected chi connectivity index (χ0v) is 12.3. The number of aromatic nitrogens is 1. The van der Waals surface area contributed by atoms with Crippen LogP contribution in [0.5, 0.6) is 0 Å². The highest BCUT2D eigenvalue weighted by molar-refractivity contribution is 5.45. The molecule has 2 fully saturated rings. The summed E-state index contributed by atoms with van der Waals surface area (Å²) in [7, 11) is 0. The molecule has 3 rings (SSSR count). The number of nitrogens with zero attached hydrogens (tertiary/aromatic N) is 4. The number of hydrogen-bond acceptors (Lipinski definition) is 4. The van der Waals surface area contributed by atoms with Crippen LogP contribution < -0.4 is 4.90 Å². The highest BCUT2D eigenvalue weighted by Crippen LogP contribution is 2.33. The molecule has 0 aliphatic carbocycles. The topological polar surface area (TPSA) is 43.2 Å². The molecule has 0 aromatic carbocycles. The lowest BCUT2D eigenvalue weighted by atomic mass is 10.1. The second-order valence-corrected chi connectivity index (χ2v) is 6.18. The lowest BCUT2D eigenvalue weighted by Gasteiger charge is -2.32. The van der Waals surface area contributed by atoms with Gasteiger partial charge in [-0.1, -0.05) is 0 Å². The van der Waals surface area contributed by atoms with E-state index < -0.39 is 0 Å². The van der Waals surface area contributed by atoms with Crippen molar-refractivity contribution in [3.63, 3.8) is 0 Å². The first-order chi connectivity index (χ1) is 9.69. The standard InChI is InChI=1S/C16H22N4/c1-12(2)20-14-3-4-15(20)11-19(8-6-14)16-9-13(10-17)5-7-18-16/h5,7,9,12,14-15H,3-4,6,8,11H2,1-2H3. The average Bonchev–Trinajstić information content (AvgIpc) is 2.74. The molecule has 0 N–H and O–H groups in total. The normalized spacial score (nSPS) is 26.6. The molecule has 2 bridgehead atoms. The Morgan fingerprint density at radius 3 is 2.85 bits per heavy atom. The van der Waals surface area contributed by atoms with Gasteiger partial charge in [0, 0.05) is 37.4 Å². The van der Waals surface area contributed by atoms with Gasteiger partial charge in [-0.25, -0.2) is 4.98 Å². The van der Waals surface area contributed by atoms with Crippen molar-refractivity contribution < 1.29 is 0 Å². The highest BCUT2D eigenvalue weighted by atomic mass is 15.3. The second-order valence-electron chi connectivity index (χ2n) is 6.18. The molecule has 4 heteroatoms. The molecule has 4 nitrogen and oxygen atoms in total. The molecule has 0 amide bonds. The van der Waals surface area contributed by atoms with Crippen molar-refractivity contribution in [3.05, 3.63) is 23.9 Å². The maximum absolute atomic E-state index is 9.03. The summed E-state index contributed by atoms with van der Waals surface area (Å²) >= 11 is 0. The van der Waals surface area contributed by atoms with Crippen LogP contribution >= 0.6 is 0 Å². The summed E-state index contributed by atoms with van der Waals surface area (Å²) in [6.07, 6.45) is 5.57. The maximum atomic E-state index is 9.03. The highest BCUT2D eigenvalue weighted by Gasteiger charge is 2.38. The summed E-state index contributed by atoms with van der Waals surface area (Å²) in [5.41, 5.74) is 0.699. The Balaban J connectivity index is 1.82. The number of nitriles is 1. The Morgan fingerprint density at radius 1 is 1.30 bits per heavy atom. The first-order valence-electron chi connectivity index (χ1n) is 7.57. The first kappa shape index (κ1) is 13.4. The summed E-state index contributed by atoms with van der Waals surface area (Å²) in [5.74, 6) is 0.959. The van der Waals surface area contributed by atoms with Crippen LogP contribution in [-0.4, -0.2) is 41.1 Å². The van der Waals surface area contributed by atoms with Crippen LogP contribution in [0.25, 0.3) is 0 Å². The van der Waals surface area contributed by atoms with Crippen LogP contribution in [0.3, 0.4) is 0 Å². The Labute approximate surface area is 121 Å². The third-order valence-corrected chi connectivity index (χ3v) is 4.63. The largest absolute Gasteiger partial charge is 0.355 e. The molecule has 2 atom stereocenters. The van der Waals surface area contributed by atoms with E-state index in [1.54, 1.807) is 12.3 Å². The van der Waals surface area contributed by atoms with Gasteiger partial charge in [-0.3, -0.25) is 4.90 Å². The van der Waals surface area contributed by atoms with Crippen molar-refractivity contribution in [2.24, 2.45) is 0 Å². The van der Waals surface area contributed by atoms with Gasteiger partial charge in [0.1, 0.15) is 5.82 Å². The van der Waals surface area contributed by atoms with Crippen molar-refractivity contribution in [2.75, 3.05) is 18.0 Å². The van der Waals surface area contributed by atoms with Gasteiger partial charge < -0.3 is 4.90 Å². The molecule has 2 saturated heterocycles. The minimum absolute atomic E-state index is 0.617. The SMILES string of the molecule is CC(C)N1C2CCC1CN(c1cc(C#N)ccn1)CC2. The molecule has 1 aromatic rings. The van der Waals surface area contributed by atoms with Crippen molar-refractivity contribution in [1.29, 1.82) is 5.26 Å². The van der Waals surface area contributed by atoms with E-state index in [0.29, 0.717) is 17.6 Å². The van der Waals surface area contributed by atoms with E-state index in [9.17, 15) is 0 Å². The quantitative estimate of drug-likeness (QED) is 0.827. The molecule has 0 spiro atoms. The van der Waals surface area contributed by atoms with Gasteiger partial charge in [-0.05, 0) is 45.2 Å². The lowest BCUT2D eigenvalue weighted by Crippen LogP contribution is -2.43. The molecular formula is C16H22N4. The molecule has 2 unspecified atom stereocenters. The molecule has 2 aliphatic rings. The average molecular weight is 270 g/mol. The monoisotopic (exact) mass is 270 g/mol. The maximum Gasteiger partial charge on any atom is 0.129 e. The van der Waals surface area contributed by atoms with Crippen molar-refractivity contribution in [3.8, 4) is 6.07 Å². The van der Waals surface area contributed by atoms with Crippen molar-refractivity contribution in [2.45, 2.75) is 51.2 Å². The van der Waals surface area contributed by atoms with Gasteiger partial charge in [0.2, 0.25) is 0 Å². The van der Waals surface area contributed by atoms with Crippen LogP contribution in [0.4, 0.5) is 5.82 Å². The molecule has 0 radical (unpaired) electrons. The van der Waals surface area contributed by atoms with E-state index in [4.69, 9.17) is 5.26 Å². The van der Waals surface area contributed by atoms with E-state index in [0.717, 1.165) is 24.9 Å². The van der Waals surface area contributed by atoms with E-state index >= 15 is 0 Å². The van der Waals surface area contributed by atoms with E-state index in [1.165, 1.54) is 19.3 Å². The smallest absolute Gasteiger partial charge is 0.129 e. The summed E-state index contributed by atoms with van der Waals surface area (Å²) in [6, 6.07) is 7.87. The molecule has 20 heavy (non-hydrogen) atoms. The number of hydrogen-bond donors (Lipinski definition) is 0. The summed E-state index contributed by atoms with van der Waals surface area (Å²) < 4.78 is 0. The van der Waals surface area contributed by atoms with Gasteiger partial charge >= 0.3 is 0 Å². The molecule has 106 valence electrons. The van der Waals surface area contributed by atoms with Gasteiger partial charge in [0.05, 0.1) is 11.6 Å². The predicted octanol–water partition coefficient (Wildman–Crippen LogP) is 2.40. The number of pyridine rings is 1. The molecule has 2 aliphatic heterocycles. The Kier molecular flexibility index (Phi) is 3.62. The van der Waals surface area contributed by atoms with Crippen LogP contribution in [-0.2, 0) is 0 Å². The van der Waals surface area contributed by atoms with Crippen molar-refractivity contribution >= 4 is 5.82 Å². The molecule has 1 aromatic heterocycles. The predicted molar refractivity (Wildman–Crippen MR) is 79.6 cm³/mol. The minimum atomic E-state index is 0.617. The molecule has 3 heterocycles. The van der Waals surface area contributed by atoms with Gasteiger partial charge in [-0.2, -0.15) is 5.26 Å². The van der Waals surface area contributed by atoms with Crippen LogP contribution in [0.1, 0.15) is 38.7 Å². The Morgan fingerprint density at radius 2 is 2.10 bits per heavy atom. The molecule has 0 saturated carbocycles. The fraction of sp³-hybridized carbons (Fsp3) is 0.625. The van der Waals surface area contributed by atoms with E-state index in [2.05, 4.69) is 34.7 Å². The zero-order chi connectivity index (χ0) is 14.1. The van der Waals surface area contributed by atoms with Crippen LogP contribution in [0.2, 0.25) is 0 Å². The summed E-state index contributed by atoms with van der Waals surface area (Å²) in [6.45, 7) is 6.69. The molecular weight excluding hydrogens is 248 g/mol. The number of fused-ring (bicyclic) bond motifs is 2. The lowest BCUT2D eigenvalue weighted by molar-refractivity contribution is 0.158. The Bertz CT molecular complexity index is 519. The zero-order valence-electron chi connectivity index (χ0n) is 12.3. The fourth-order valence-corrected chi connectivity index (χ4v) is 3.82. The van der Waals surface area contributed by atoms with Crippen LogP contribution in [0, 0.1) is 11.3 Å². The summed E-state index contributed by atoms with van der Waals surface area (Å²) in [5, 5.41) is 9.03. The third kappa shape index (κ3) is 2.38. The second kappa shape index (κ2) is 5.41. The fourth-order valence-electron chi connectivity index (χ4n) is 3.82. The Hall–Kier alpha value is -1.60. The number of rotatable bonds is 2. The minimum Gasteiger partial charge on any atom is -0.355 e. The van der Waals surface area contributed by atoms with Crippen LogP contribution in [0.15, 0.2) is 18.3 Å². The van der Waals surface area contributed by atoms with E-state index in [1.807, 2.05) is 6.07 Å². The van der Waals surface area contributed by atoms with Gasteiger partial charge in [0.15, 0.2) is 0 Å². The summed E-state index contributed by atoms with van der Waals surface area (Å²) in [4.78, 5) is 9.51. The van der Waals surface area contributed by atoms with Gasteiger partial charge in [-0.15, -0.1) is 0 Å².